The van der Waals surface area contributed by atoms with Crippen LogP contribution in [0.15, 0.2) is 0 Å². The van der Waals surface area contributed by atoms with E-state index in [0.29, 0.717) is 6.54 Å². The summed E-state index contributed by atoms with van der Waals surface area (Å²) in [5.41, 5.74) is 0.171. The molecule has 0 bridgehead atoms. The van der Waals surface area contributed by atoms with Crippen molar-refractivity contribution in [3.8, 4) is 12.3 Å². The number of carbonyl (C=O) groups is 1. The molecule has 1 aliphatic rings. The SMILES string of the molecule is C#CC(=O)NCC1(C)CCCNC1. The number of rotatable bonds is 2. The zero-order valence-electron chi connectivity index (χ0n) is 8.02. The summed E-state index contributed by atoms with van der Waals surface area (Å²) in [5.74, 6) is 1.74. The topological polar surface area (TPSA) is 41.1 Å². The lowest BCUT2D eigenvalue weighted by molar-refractivity contribution is -0.116. The Kier molecular flexibility index (Phi) is 3.32. The zero-order valence-corrected chi connectivity index (χ0v) is 8.02. The summed E-state index contributed by atoms with van der Waals surface area (Å²) in [6.07, 6.45) is 7.27. The molecule has 1 saturated heterocycles. The Hall–Kier alpha value is -1.01. The molecule has 0 spiro atoms. The number of terminal acetylenes is 1. The predicted molar refractivity (Wildman–Crippen MR) is 52.1 cm³/mol. The second kappa shape index (κ2) is 4.29. The first-order valence-electron chi connectivity index (χ1n) is 4.61. The van der Waals surface area contributed by atoms with Gasteiger partial charge in [0, 0.05) is 13.1 Å². The van der Waals surface area contributed by atoms with E-state index in [1.54, 1.807) is 0 Å². The van der Waals surface area contributed by atoms with E-state index in [2.05, 4.69) is 23.5 Å². The maximum atomic E-state index is 10.8. The molecule has 0 saturated carbocycles. The molecule has 13 heavy (non-hydrogen) atoms. The summed E-state index contributed by atoms with van der Waals surface area (Å²) in [6, 6.07) is 0. The van der Waals surface area contributed by atoms with Crippen molar-refractivity contribution >= 4 is 5.91 Å². The molecule has 1 amide bonds. The van der Waals surface area contributed by atoms with Crippen molar-refractivity contribution in [2.24, 2.45) is 5.41 Å². The van der Waals surface area contributed by atoms with Crippen molar-refractivity contribution in [2.45, 2.75) is 19.8 Å². The van der Waals surface area contributed by atoms with Gasteiger partial charge in [-0.2, -0.15) is 0 Å². The fourth-order valence-corrected chi connectivity index (χ4v) is 1.61. The second-order valence-corrected chi connectivity index (χ2v) is 3.92. The van der Waals surface area contributed by atoms with Crippen LogP contribution >= 0.6 is 0 Å². The van der Waals surface area contributed by atoms with Gasteiger partial charge in [-0.05, 0) is 30.7 Å². The first kappa shape index (κ1) is 10.1. The third kappa shape index (κ3) is 3.08. The normalized spacial score (nSPS) is 27.7. The van der Waals surface area contributed by atoms with Crippen LogP contribution < -0.4 is 10.6 Å². The van der Waals surface area contributed by atoms with Gasteiger partial charge in [0.1, 0.15) is 0 Å². The molecule has 1 aliphatic heterocycles. The van der Waals surface area contributed by atoms with Gasteiger partial charge in [-0.3, -0.25) is 4.79 Å². The largest absolute Gasteiger partial charge is 0.345 e. The van der Waals surface area contributed by atoms with E-state index in [1.807, 2.05) is 0 Å². The fraction of sp³-hybridized carbons (Fsp3) is 0.700. The molecule has 0 aromatic carbocycles. The van der Waals surface area contributed by atoms with Gasteiger partial charge in [0.2, 0.25) is 0 Å². The molecule has 0 radical (unpaired) electrons. The number of carbonyl (C=O) groups excluding carboxylic acids is 1. The van der Waals surface area contributed by atoms with Gasteiger partial charge in [-0.25, -0.2) is 0 Å². The summed E-state index contributed by atoms with van der Waals surface area (Å²) in [7, 11) is 0. The van der Waals surface area contributed by atoms with Crippen LogP contribution in [0.4, 0.5) is 0 Å². The smallest absolute Gasteiger partial charge is 0.295 e. The van der Waals surface area contributed by atoms with Gasteiger partial charge in [-0.15, -0.1) is 6.42 Å². The average molecular weight is 180 g/mol. The van der Waals surface area contributed by atoms with Crippen LogP contribution in [0.3, 0.4) is 0 Å². The molecule has 0 aliphatic carbocycles. The van der Waals surface area contributed by atoms with Gasteiger partial charge in [0.05, 0.1) is 0 Å². The number of hydrogen-bond acceptors (Lipinski definition) is 2. The number of amides is 1. The van der Waals surface area contributed by atoms with E-state index in [-0.39, 0.29) is 11.3 Å². The van der Waals surface area contributed by atoms with Gasteiger partial charge in [0.15, 0.2) is 0 Å². The third-order valence-corrected chi connectivity index (χ3v) is 2.49. The molecule has 3 nitrogen and oxygen atoms in total. The quantitative estimate of drug-likeness (QED) is 0.593. The Morgan fingerprint density at radius 3 is 3.08 bits per heavy atom. The molecule has 2 N–H and O–H groups in total. The van der Waals surface area contributed by atoms with Crippen LogP contribution in [0.25, 0.3) is 0 Å². The molecular formula is C10H16N2O. The first-order chi connectivity index (χ1) is 6.16. The van der Waals surface area contributed by atoms with E-state index in [9.17, 15) is 4.79 Å². The van der Waals surface area contributed by atoms with Crippen molar-refractivity contribution in [1.29, 1.82) is 0 Å². The second-order valence-electron chi connectivity index (χ2n) is 3.92. The molecule has 72 valence electrons. The van der Waals surface area contributed by atoms with Crippen molar-refractivity contribution in [3.63, 3.8) is 0 Å². The molecule has 1 heterocycles. The summed E-state index contributed by atoms with van der Waals surface area (Å²) in [4.78, 5) is 10.8. The average Bonchev–Trinajstić information content (AvgIpc) is 2.15. The van der Waals surface area contributed by atoms with Crippen LogP contribution in [0.1, 0.15) is 19.8 Å². The predicted octanol–water partition coefficient (Wildman–Crippen LogP) is 0.126. The highest BCUT2D eigenvalue weighted by molar-refractivity contribution is 5.92. The third-order valence-electron chi connectivity index (χ3n) is 2.49. The maximum absolute atomic E-state index is 10.8. The molecule has 1 rings (SSSR count). The van der Waals surface area contributed by atoms with Gasteiger partial charge >= 0.3 is 0 Å². The standard InChI is InChI=1S/C10H16N2O/c1-3-9(13)12-8-10(2)5-4-6-11-7-10/h1,11H,4-8H2,2H3,(H,12,13). The number of hydrogen-bond donors (Lipinski definition) is 2. The lowest BCUT2D eigenvalue weighted by Crippen LogP contribution is -2.45. The Balaban J connectivity index is 2.34. The molecule has 0 aromatic heterocycles. The summed E-state index contributed by atoms with van der Waals surface area (Å²) in [6.45, 7) is 4.87. The van der Waals surface area contributed by atoms with Crippen LogP contribution in [0.5, 0.6) is 0 Å². The number of nitrogens with one attached hydrogen (secondary N) is 2. The minimum atomic E-state index is -0.313. The first-order valence-corrected chi connectivity index (χ1v) is 4.61. The van der Waals surface area contributed by atoms with E-state index >= 15 is 0 Å². The van der Waals surface area contributed by atoms with E-state index in [0.717, 1.165) is 19.5 Å². The molecule has 1 fully saturated rings. The molecular weight excluding hydrogens is 164 g/mol. The van der Waals surface area contributed by atoms with Gasteiger partial charge < -0.3 is 10.6 Å². The van der Waals surface area contributed by atoms with Gasteiger partial charge in [0.25, 0.3) is 5.91 Å². The summed E-state index contributed by atoms with van der Waals surface area (Å²) < 4.78 is 0. The number of piperidine rings is 1. The van der Waals surface area contributed by atoms with Crippen molar-refractivity contribution in [2.75, 3.05) is 19.6 Å². The van der Waals surface area contributed by atoms with Crippen molar-refractivity contribution in [3.05, 3.63) is 0 Å². The van der Waals surface area contributed by atoms with Crippen molar-refractivity contribution < 1.29 is 4.79 Å². The summed E-state index contributed by atoms with van der Waals surface area (Å²) in [5, 5.41) is 6.04. The molecule has 1 unspecified atom stereocenters. The highest BCUT2D eigenvalue weighted by Gasteiger charge is 2.26. The lowest BCUT2D eigenvalue weighted by atomic mass is 9.83. The maximum Gasteiger partial charge on any atom is 0.295 e. The minimum Gasteiger partial charge on any atom is -0.345 e. The van der Waals surface area contributed by atoms with E-state index in [1.165, 1.54) is 6.42 Å². The summed E-state index contributed by atoms with van der Waals surface area (Å²) >= 11 is 0. The Morgan fingerprint density at radius 1 is 1.77 bits per heavy atom. The zero-order chi connectivity index (χ0) is 9.73. The molecule has 1 atom stereocenters. The Morgan fingerprint density at radius 2 is 2.54 bits per heavy atom. The fourth-order valence-electron chi connectivity index (χ4n) is 1.61. The Bertz CT molecular complexity index is 224. The molecule has 3 heteroatoms. The highest BCUT2D eigenvalue weighted by Crippen LogP contribution is 2.23. The lowest BCUT2D eigenvalue weighted by Gasteiger charge is -2.33. The van der Waals surface area contributed by atoms with Crippen LogP contribution in [0.2, 0.25) is 0 Å². The van der Waals surface area contributed by atoms with Crippen LogP contribution in [0, 0.1) is 17.8 Å². The van der Waals surface area contributed by atoms with Crippen LogP contribution in [-0.2, 0) is 4.79 Å². The Labute approximate surface area is 79.3 Å². The van der Waals surface area contributed by atoms with E-state index < -0.39 is 0 Å². The monoisotopic (exact) mass is 180 g/mol. The van der Waals surface area contributed by atoms with Gasteiger partial charge in [-0.1, -0.05) is 6.92 Å². The minimum absolute atomic E-state index is 0.171. The molecule has 0 aromatic rings. The van der Waals surface area contributed by atoms with Crippen molar-refractivity contribution in [1.82, 2.24) is 10.6 Å². The highest BCUT2D eigenvalue weighted by atomic mass is 16.1. The van der Waals surface area contributed by atoms with E-state index in [4.69, 9.17) is 6.42 Å². The van der Waals surface area contributed by atoms with Crippen LogP contribution in [-0.4, -0.2) is 25.5 Å².